The Hall–Kier alpha value is -0.720. The van der Waals surface area contributed by atoms with E-state index in [9.17, 15) is 8.42 Å². The fraction of sp³-hybridized carbons (Fsp3) is 0. The zero-order valence-electron chi connectivity index (χ0n) is 5.44. The number of nitrogens with one attached hydrogen (secondary N) is 1. The zero-order chi connectivity index (χ0) is 8.48. The van der Waals surface area contributed by atoms with Crippen molar-refractivity contribution < 1.29 is 8.42 Å². The standard InChI is InChI=1S/C5H6N2O2S2/c6-11(8,9)4-1-2-7-5(10)3-4/h1-3H,(H,7,10)(H2,6,8,9). The van der Waals surface area contributed by atoms with E-state index in [1.54, 1.807) is 0 Å². The second-order valence-corrected chi connectivity index (χ2v) is 3.93. The van der Waals surface area contributed by atoms with Gasteiger partial charge in [0.2, 0.25) is 10.0 Å². The molecule has 4 nitrogen and oxygen atoms in total. The van der Waals surface area contributed by atoms with Crippen molar-refractivity contribution in [3.63, 3.8) is 0 Å². The highest BCUT2D eigenvalue weighted by molar-refractivity contribution is 7.89. The van der Waals surface area contributed by atoms with Gasteiger partial charge in [-0.05, 0) is 12.1 Å². The molecule has 60 valence electrons. The minimum Gasteiger partial charge on any atom is -0.353 e. The third-order valence-electron chi connectivity index (χ3n) is 1.08. The number of aromatic amines is 1. The van der Waals surface area contributed by atoms with Crippen LogP contribution in [0.3, 0.4) is 0 Å². The Kier molecular flexibility index (Phi) is 2.08. The monoisotopic (exact) mass is 190 g/mol. The molecule has 1 aromatic rings. The highest BCUT2D eigenvalue weighted by atomic mass is 32.2. The van der Waals surface area contributed by atoms with E-state index < -0.39 is 10.0 Å². The van der Waals surface area contributed by atoms with Gasteiger partial charge in [0.25, 0.3) is 0 Å². The summed E-state index contributed by atoms with van der Waals surface area (Å²) in [5, 5.41) is 4.84. The van der Waals surface area contributed by atoms with Crippen LogP contribution >= 0.6 is 12.2 Å². The van der Waals surface area contributed by atoms with Crippen molar-refractivity contribution in [2.75, 3.05) is 0 Å². The van der Waals surface area contributed by atoms with Gasteiger partial charge >= 0.3 is 0 Å². The van der Waals surface area contributed by atoms with Crippen LogP contribution in [0.2, 0.25) is 0 Å². The molecular weight excluding hydrogens is 184 g/mol. The normalized spacial score (nSPS) is 11.4. The van der Waals surface area contributed by atoms with Crippen LogP contribution in [0, 0.1) is 4.64 Å². The maximum atomic E-state index is 10.7. The summed E-state index contributed by atoms with van der Waals surface area (Å²) in [6, 6.07) is 2.65. The first-order chi connectivity index (χ1) is 5.00. The predicted octanol–water partition coefficient (Wildman–Crippen LogP) is 0.392. The van der Waals surface area contributed by atoms with Crippen molar-refractivity contribution in [3.8, 4) is 0 Å². The highest BCUT2D eigenvalue weighted by Crippen LogP contribution is 2.03. The lowest BCUT2D eigenvalue weighted by Crippen LogP contribution is -2.11. The molecule has 1 aromatic heterocycles. The molecule has 0 radical (unpaired) electrons. The SMILES string of the molecule is NS(=O)(=O)c1cc[nH]c(=S)c1. The summed E-state index contributed by atoms with van der Waals surface area (Å²) in [4.78, 5) is 2.67. The third-order valence-corrected chi connectivity index (χ3v) is 2.22. The van der Waals surface area contributed by atoms with E-state index in [-0.39, 0.29) is 4.90 Å². The molecule has 0 saturated carbocycles. The number of nitrogens with two attached hydrogens (primary N) is 1. The van der Waals surface area contributed by atoms with E-state index in [2.05, 4.69) is 4.98 Å². The number of hydrogen-bond acceptors (Lipinski definition) is 3. The maximum Gasteiger partial charge on any atom is 0.238 e. The Morgan fingerprint density at radius 2 is 2.18 bits per heavy atom. The summed E-state index contributed by atoms with van der Waals surface area (Å²) >= 11 is 4.69. The molecule has 0 bridgehead atoms. The van der Waals surface area contributed by atoms with Crippen LogP contribution in [-0.4, -0.2) is 13.4 Å². The van der Waals surface area contributed by atoms with Gasteiger partial charge in [0.05, 0.1) is 4.90 Å². The minimum atomic E-state index is -3.61. The van der Waals surface area contributed by atoms with Crippen molar-refractivity contribution in [2.45, 2.75) is 4.90 Å². The molecule has 0 aliphatic heterocycles. The van der Waals surface area contributed by atoms with Gasteiger partial charge in [-0.15, -0.1) is 0 Å². The van der Waals surface area contributed by atoms with Gasteiger partial charge in [0, 0.05) is 6.20 Å². The fourth-order valence-electron chi connectivity index (χ4n) is 0.602. The van der Waals surface area contributed by atoms with Gasteiger partial charge in [0.15, 0.2) is 0 Å². The first kappa shape index (κ1) is 8.38. The first-order valence-electron chi connectivity index (χ1n) is 2.72. The lowest BCUT2D eigenvalue weighted by Gasteiger charge is -1.94. The lowest BCUT2D eigenvalue weighted by molar-refractivity contribution is 0.597. The molecule has 0 saturated heterocycles. The van der Waals surface area contributed by atoms with Crippen LogP contribution in [0.15, 0.2) is 23.2 Å². The largest absolute Gasteiger partial charge is 0.353 e. The van der Waals surface area contributed by atoms with Crippen LogP contribution in [0.1, 0.15) is 0 Å². The average molecular weight is 190 g/mol. The summed E-state index contributed by atoms with van der Waals surface area (Å²) in [6.07, 6.45) is 1.43. The van der Waals surface area contributed by atoms with Gasteiger partial charge in [-0.3, -0.25) is 0 Å². The second kappa shape index (κ2) is 2.72. The van der Waals surface area contributed by atoms with Crippen LogP contribution in [0.4, 0.5) is 0 Å². The topological polar surface area (TPSA) is 76.0 Å². The molecule has 0 aliphatic rings. The van der Waals surface area contributed by atoms with Gasteiger partial charge in [-0.2, -0.15) is 0 Å². The van der Waals surface area contributed by atoms with Crippen molar-refractivity contribution in [2.24, 2.45) is 5.14 Å². The maximum absolute atomic E-state index is 10.7. The van der Waals surface area contributed by atoms with Crippen molar-refractivity contribution in [1.29, 1.82) is 0 Å². The van der Waals surface area contributed by atoms with Gasteiger partial charge < -0.3 is 4.98 Å². The van der Waals surface area contributed by atoms with E-state index in [4.69, 9.17) is 17.4 Å². The molecule has 11 heavy (non-hydrogen) atoms. The van der Waals surface area contributed by atoms with E-state index in [0.29, 0.717) is 4.64 Å². The Labute approximate surface area is 69.1 Å². The molecule has 0 aliphatic carbocycles. The predicted molar refractivity (Wildman–Crippen MR) is 43.0 cm³/mol. The number of aromatic nitrogens is 1. The molecule has 0 unspecified atom stereocenters. The van der Waals surface area contributed by atoms with E-state index >= 15 is 0 Å². The van der Waals surface area contributed by atoms with Crippen LogP contribution in [0.25, 0.3) is 0 Å². The van der Waals surface area contributed by atoms with Gasteiger partial charge in [0.1, 0.15) is 4.64 Å². The first-order valence-corrected chi connectivity index (χ1v) is 4.67. The molecule has 1 rings (SSSR count). The molecule has 0 aromatic carbocycles. The van der Waals surface area contributed by atoms with Crippen molar-refractivity contribution in [3.05, 3.63) is 23.0 Å². The zero-order valence-corrected chi connectivity index (χ0v) is 7.08. The number of primary sulfonamides is 1. The Morgan fingerprint density at radius 3 is 2.55 bits per heavy atom. The molecule has 6 heteroatoms. The fourth-order valence-corrected chi connectivity index (χ4v) is 1.41. The molecular formula is C5H6N2O2S2. The number of sulfonamides is 1. The Bertz CT molecular complexity index is 406. The summed E-state index contributed by atoms with van der Waals surface area (Å²) in [5.41, 5.74) is 0. The van der Waals surface area contributed by atoms with E-state index in [1.165, 1.54) is 18.3 Å². The molecule has 0 amide bonds. The Balaban J connectivity index is 3.40. The number of H-pyrrole nitrogens is 1. The van der Waals surface area contributed by atoms with Crippen molar-refractivity contribution in [1.82, 2.24) is 4.98 Å². The van der Waals surface area contributed by atoms with E-state index in [1.807, 2.05) is 0 Å². The lowest BCUT2D eigenvalue weighted by atomic mass is 10.5. The van der Waals surface area contributed by atoms with Crippen molar-refractivity contribution >= 4 is 22.2 Å². The number of pyridine rings is 1. The molecule has 3 N–H and O–H groups in total. The Morgan fingerprint density at radius 1 is 1.55 bits per heavy atom. The molecule has 0 atom stereocenters. The van der Waals surface area contributed by atoms with Crippen LogP contribution in [-0.2, 0) is 10.0 Å². The number of rotatable bonds is 1. The summed E-state index contributed by atoms with van der Waals surface area (Å²) in [7, 11) is -3.61. The summed E-state index contributed by atoms with van der Waals surface area (Å²) in [6.45, 7) is 0. The van der Waals surface area contributed by atoms with Crippen LogP contribution < -0.4 is 5.14 Å². The smallest absolute Gasteiger partial charge is 0.238 e. The van der Waals surface area contributed by atoms with Gasteiger partial charge in [-0.25, -0.2) is 13.6 Å². The average Bonchev–Trinajstić information content (AvgIpc) is 1.86. The number of hydrogen-bond donors (Lipinski definition) is 2. The molecule has 0 fully saturated rings. The summed E-state index contributed by atoms with van der Waals surface area (Å²) in [5.74, 6) is 0. The van der Waals surface area contributed by atoms with Gasteiger partial charge in [-0.1, -0.05) is 12.2 Å². The second-order valence-electron chi connectivity index (χ2n) is 1.93. The van der Waals surface area contributed by atoms with Crippen LogP contribution in [0.5, 0.6) is 0 Å². The quantitative estimate of drug-likeness (QED) is 0.629. The third kappa shape index (κ3) is 2.11. The molecule has 1 heterocycles. The molecule has 0 spiro atoms. The minimum absolute atomic E-state index is 0.0289. The van der Waals surface area contributed by atoms with E-state index in [0.717, 1.165) is 0 Å². The summed E-state index contributed by atoms with van der Waals surface area (Å²) < 4.78 is 21.7. The highest BCUT2D eigenvalue weighted by Gasteiger charge is 2.05.